The highest BCUT2D eigenvalue weighted by molar-refractivity contribution is 7.23. The SMILES string of the molecule is O=C(Nc1nc2ccc(Cl)cc2s1)c1sc2c([N+](=O)[O-])cccc2c1Cl. The van der Waals surface area contributed by atoms with Crippen molar-refractivity contribution in [3.05, 3.63) is 61.4 Å². The van der Waals surface area contributed by atoms with Crippen molar-refractivity contribution in [2.75, 3.05) is 5.32 Å². The van der Waals surface area contributed by atoms with E-state index in [4.69, 9.17) is 23.2 Å². The van der Waals surface area contributed by atoms with Crippen LogP contribution in [-0.2, 0) is 0 Å². The molecule has 2 heterocycles. The molecular formula is C16H7Cl2N3O3S2. The molecule has 0 fully saturated rings. The summed E-state index contributed by atoms with van der Waals surface area (Å²) in [5, 5.41) is 15.5. The molecule has 26 heavy (non-hydrogen) atoms. The Bertz CT molecular complexity index is 1200. The third-order valence-electron chi connectivity index (χ3n) is 3.61. The Hall–Kier alpha value is -2.26. The van der Waals surface area contributed by atoms with Crippen molar-refractivity contribution in [2.24, 2.45) is 0 Å². The number of nitro benzene ring substituents is 1. The quantitative estimate of drug-likeness (QED) is 0.324. The van der Waals surface area contributed by atoms with Crippen LogP contribution in [0, 0.1) is 10.1 Å². The van der Waals surface area contributed by atoms with Crippen LogP contribution >= 0.6 is 45.9 Å². The number of carbonyl (C=O) groups is 1. The van der Waals surface area contributed by atoms with Gasteiger partial charge in [0.05, 0.1) is 20.2 Å². The average Bonchev–Trinajstić information content (AvgIpc) is 3.14. The van der Waals surface area contributed by atoms with E-state index >= 15 is 0 Å². The molecule has 0 bridgehead atoms. The zero-order chi connectivity index (χ0) is 18.4. The fraction of sp³-hybridized carbons (Fsp3) is 0. The molecule has 2 aromatic carbocycles. The molecule has 0 aliphatic carbocycles. The maximum Gasteiger partial charge on any atom is 0.287 e. The number of halogens is 2. The van der Waals surface area contributed by atoms with Crippen molar-refractivity contribution in [3.63, 3.8) is 0 Å². The summed E-state index contributed by atoms with van der Waals surface area (Å²) in [6, 6.07) is 9.82. The Morgan fingerprint density at radius 2 is 2.00 bits per heavy atom. The van der Waals surface area contributed by atoms with Crippen LogP contribution in [0.2, 0.25) is 10.0 Å². The van der Waals surface area contributed by atoms with E-state index in [1.807, 2.05) is 0 Å². The summed E-state index contributed by atoms with van der Waals surface area (Å²) < 4.78 is 1.20. The molecule has 0 spiro atoms. The lowest BCUT2D eigenvalue weighted by Gasteiger charge is -1.98. The Balaban J connectivity index is 1.72. The molecule has 1 amide bonds. The highest BCUT2D eigenvalue weighted by Gasteiger charge is 2.23. The van der Waals surface area contributed by atoms with Crippen molar-refractivity contribution >= 4 is 82.9 Å². The van der Waals surface area contributed by atoms with E-state index in [0.717, 1.165) is 16.0 Å². The number of hydrogen-bond acceptors (Lipinski definition) is 6. The third kappa shape index (κ3) is 2.90. The van der Waals surface area contributed by atoms with E-state index in [1.165, 1.54) is 23.5 Å². The van der Waals surface area contributed by atoms with Gasteiger partial charge in [0.25, 0.3) is 11.6 Å². The predicted octanol–water partition coefficient (Wildman–Crippen LogP) is 5.98. The van der Waals surface area contributed by atoms with E-state index in [1.54, 1.807) is 24.3 Å². The second kappa shape index (κ2) is 6.48. The van der Waals surface area contributed by atoms with Crippen LogP contribution in [0.5, 0.6) is 0 Å². The van der Waals surface area contributed by atoms with Crippen molar-refractivity contribution in [1.29, 1.82) is 0 Å². The highest BCUT2D eigenvalue weighted by atomic mass is 35.5. The van der Waals surface area contributed by atoms with Crippen molar-refractivity contribution < 1.29 is 9.72 Å². The lowest BCUT2D eigenvalue weighted by molar-refractivity contribution is -0.382. The smallest absolute Gasteiger partial charge is 0.287 e. The van der Waals surface area contributed by atoms with Crippen LogP contribution in [0.4, 0.5) is 10.8 Å². The average molecular weight is 424 g/mol. The number of thiophene rings is 1. The minimum Gasteiger partial charge on any atom is -0.297 e. The molecule has 0 radical (unpaired) electrons. The van der Waals surface area contributed by atoms with E-state index < -0.39 is 10.8 Å². The number of thiazole rings is 1. The Kier molecular flexibility index (Phi) is 4.28. The van der Waals surface area contributed by atoms with Gasteiger partial charge in [-0.2, -0.15) is 0 Å². The molecule has 0 saturated carbocycles. The number of anilines is 1. The summed E-state index contributed by atoms with van der Waals surface area (Å²) >= 11 is 14.5. The first-order valence-electron chi connectivity index (χ1n) is 7.17. The minimum absolute atomic E-state index is 0.0805. The van der Waals surface area contributed by atoms with Gasteiger partial charge >= 0.3 is 0 Å². The van der Waals surface area contributed by atoms with Crippen molar-refractivity contribution in [1.82, 2.24) is 4.98 Å². The number of nitrogens with one attached hydrogen (secondary N) is 1. The second-order valence-corrected chi connectivity index (χ2v) is 8.11. The Morgan fingerprint density at radius 1 is 1.19 bits per heavy atom. The van der Waals surface area contributed by atoms with Crippen LogP contribution < -0.4 is 5.32 Å². The van der Waals surface area contributed by atoms with Crippen LogP contribution in [0.3, 0.4) is 0 Å². The van der Waals surface area contributed by atoms with Gasteiger partial charge in [-0.3, -0.25) is 20.2 Å². The number of nitrogens with zero attached hydrogens (tertiary/aromatic N) is 2. The number of carbonyl (C=O) groups excluding carboxylic acids is 1. The third-order valence-corrected chi connectivity index (χ3v) is 6.51. The molecule has 0 saturated heterocycles. The number of nitro groups is 1. The zero-order valence-electron chi connectivity index (χ0n) is 12.7. The van der Waals surface area contributed by atoms with E-state index in [0.29, 0.717) is 25.8 Å². The number of aromatic nitrogens is 1. The molecule has 130 valence electrons. The van der Waals surface area contributed by atoms with E-state index in [2.05, 4.69) is 10.3 Å². The maximum atomic E-state index is 12.6. The fourth-order valence-electron chi connectivity index (χ4n) is 2.47. The summed E-state index contributed by atoms with van der Waals surface area (Å²) in [7, 11) is 0. The fourth-order valence-corrected chi connectivity index (χ4v) is 5.10. The van der Waals surface area contributed by atoms with Crippen LogP contribution in [-0.4, -0.2) is 15.8 Å². The normalized spacial score (nSPS) is 11.2. The lowest BCUT2D eigenvalue weighted by Crippen LogP contribution is -2.10. The molecule has 4 rings (SSSR count). The summed E-state index contributed by atoms with van der Waals surface area (Å²) in [5.41, 5.74) is 0.635. The number of benzene rings is 2. The van der Waals surface area contributed by atoms with Gasteiger partial charge in [0, 0.05) is 16.5 Å². The first-order valence-corrected chi connectivity index (χ1v) is 9.56. The molecule has 0 aliphatic heterocycles. The van der Waals surface area contributed by atoms with Gasteiger partial charge in [-0.05, 0) is 18.2 Å². The number of amides is 1. The summed E-state index contributed by atoms with van der Waals surface area (Å²) in [5.74, 6) is -0.462. The summed E-state index contributed by atoms with van der Waals surface area (Å²) in [4.78, 5) is 27.8. The molecule has 0 atom stereocenters. The topological polar surface area (TPSA) is 85.1 Å². The second-order valence-electron chi connectivity index (χ2n) is 5.24. The standard InChI is InChI=1S/C16H7Cl2N3O3S2/c17-7-4-5-9-11(6-7)25-16(19-9)20-15(22)14-12(18)8-2-1-3-10(21(23)24)13(8)26-14/h1-6H,(H,19,20,22). The Morgan fingerprint density at radius 3 is 2.77 bits per heavy atom. The molecule has 10 heteroatoms. The van der Waals surface area contributed by atoms with Gasteiger partial charge in [0.15, 0.2) is 5.13 Å². The van der Waals surface area contributed by atoms with Gasteiger partial charge in [0.2, 0.25) is 0 Å². The summed E-state index contributed by atoms with van der Waals surface area (Å²) in [6.07, 6.45) is 0. The van der Waals surface area contributed by atoms with Crippen LogP contribution in [0.25, 0.3) is 20.3 Å². The first kappa shape index (κ1) is 17.2. The van der Waals surface area contributed by atoms with Crippen LogP contribution in [0.1, 0.15) is 9.67 Å². The van der Waals surface area contributed by atoms with Gasteiger partial charge in [-0.25, -0.2) is 4.98 Å². The zero-order valence-corrected chi connectivity index (χ0v) is 15.8. The number of hydrogen-bond donors (Lipinski definition) is 1. The molecule has 4 aromatic rings. The molecule has 0 unspecified atom stereocenters. The number of non-ortho nitro benzene ring substituents is 1. The number of fused-ring (bicyclic) bond motifs is 2. The first-order chi connectivity index (χ1) is 12.4. The van der Waals surface area contributed by atoms with Gasteiger partial charge < -0.3 is 0 Å². The number of rotatable bonds is 3. The largest absolute Gasteiger partial charge is 0.297 e. The van der Waals surface area contributed by atoms with Crippen molar-refractivity contribution in [3.8, 4) is 0 Å². The van der Waals surface area contributed by atoms with Gasteiger partial charge in [0.1, 0.15) is 9.58 Å². The van der Waals surface area contributed by atoms with Gasteiger partial charge in [-0.1, -0.05) is 46.7 Å². The highest BCUT2D eigenvalue weighted by Crippen LogP contribution is 2.40. The molecule has 2 aromatic heterocycles. The van der Waals surface area contributed by atoms with Crippen molar-refractivity contribution in [2.45, 2.75) is 0 Å². The Labute approximate surface area is 164 Å². The van der Waals surface area contributed by atoms with E-state index in [-0.39, 0.29) is 15.6 Å². The lowest BCUT2D eigenvalue weighted by atomic mass is 10.2. The predicted molar refractivity (Wildman–Crippen MR) is 106 cm³/mol. The maximum absolute atomic E-state index is 12.6. The van der Waals surface area contributed by atoms with Gasteiger partial charge in [-0.15, -0.1) is 11.3 Å². The molecular weight excluding hydrogens is 417 g/mol. The summed E-state index contributed by atoms with van der Waals surface area (Å²) in [6.45, 7) is 0. The van der Waals surface area contributed by atoms with Crippen LogP contribution in [0.15, 0.2) is 36.4 Å². The molecule has 6 nitrogen and oxygen atoms in total. The monoisotopic (exact) mass is 423 g/mol. The molecule has 0 aliphatic rings. The minimum atomic E-state index is -0.492. The molecule has 1 N–H and O–H groups in total. The van der Waals surface area contributed by atoms with E-state index in [9.17, 15) is 14.9 Å².